The average Bonchev–Trinajstić information content (AvgIpc) is 2.51. The fourth-order valence-electron chi connectivity index (χ4n) is 0.960. The summed E-state index contributed by atoms with van der Waals surface area (Å²) in [5.41, 5.74) is 0.541. The monoisotopic (exact) mass is 168 g/mol. The maximum atomic E-state index is 11.3. The van der Waals surface area contributed by atoms with Crippen molar-refractivity contribution in [3.63, 3.8) is 0 Å². The zero-order valence-electron chi connectivity index (χ0n) is 7.26. The third kappa shape index (κ3) is 1.64. The lowest BCUT2D eigenvalue weighted by Gasteiger charge is -1.98. The second kappa shape index (κ2) is 3.90. The standard InChI is InChI=1S/C8H12N2O2/c1-3-7-6(5-10-12-7)8(11)9-4-2/h5H,3-4H2,1-2H3,(H,9,11). The Morgan fingerprint density at radius 2 is 2.42 bits per heavy atom. The molecule has 0 spiro atoms. The number of hydrogen-bond donors (Lipinski definition) is 1. The van der Waals surface area contributed by atoms with Gasteiger partial charge in [0.25, 0.3) is 5.91 Å². The predicted octanol–water partition coefficient (Wildman–Crippen LogP) is 0.987. The summed E-state index contributed by atoms with van der Waals surface area (Å²) in [5.74, 6) is 0.525. The number of rotatable bonds is 3. The van der Waals surface area contributed by atoms with Gasteiger partial charge in [-0.3, -0.25) is 4.79 Å². The minimum absolute atomic E-state index is 0.115. The highest BCUT2D eigenvalue weighted by Gasteiger charge is 2.12. The first-order chi connectivity index (χ1) is 5.79. The molecule has 0 radical (unpaired) electrons. The molecule has 66 valence electrons. The molecule has 1 aromatic heterocycles. The van der Waals surface area contributed by atoms with Gasteiger partial charge in [0.15, 0.2) is 0 Å². The van der Waals surface area contributed by atoms with Crippen LogP contribution in [0.5, 0.6) is 0 Å². The molecule has 0 aliphatic heterocycles. The molecule has 1 N–H and O–H groups in total. The van der Waals surface area contributed by atoms with E-state index in [-0.39, 0.29) is 5.91 Å². The number of nitrogens with one attached hydrogen (secondary N) is 1. The molecule has 0 aromatic carbocycles. The van der Waals surface area contributed by atoms with Crippen LogP contribution < -0.4 is 5.32 Å². The fourth-order valence-corrected chi connectivity index (χ4v) is 0.960. The molecule has 1 heterocycles. The van der Waals surface area contributed by atoms with Gasteiger partial charge in [-0.15, -0.1) is 0 Å². The summed E-state index contributed by atoms with van der Waals surface area (Å²) in [7, 11) is 0. The summed E-state index contributed by atoms with van der Waals surface area (Å²) < 4.78 is 4.87. The second-order valence-corrected chi connectivity index (χ2v) is 2.38. The van der Waals surface area contributed by atoms with E-state index in [1.165, 1.54) is 6.20 Å². The first-order valence-electron chi connectivity index (χ1n) is 4.01. The zero-order valence-corrected chi connectivity index (χ0v) is 7.26. The highest BCUT2D eigenvalue weighted by atomic mass is 16.5. The minimum Gasteiger partial charge on any atom is -0.361 e. The van der Waals surface area contributed by atoms with Crippen LogP contribution in [0.2, 0.25) is 0 Å². The average molecular weight is 168 g/mol. The van der Waals surface area contributed by atoms with Crippen molar-refractivity contribution in [2.75, 3.05) is 6.54 Å². The lowest BCUT2D eigenvalue weighted by Crippen LogP contribution is -2.23. The van der Waals surface area contributed by atoms with Gasteiger partial charge in [0.2, 0.25) is 0 Å². The molecule has 0 fully saturated rings. The van der Waals surface area contributed by atoms with Crippen LogP contribution in [0.1, 0.15) is 30.0 Å². The smallest absolute Gasteiger partial charge is 0.256 e. The molecule has 1 rings (SSSR count). The normalized spacial score (nSPS) is 9.83. The topological polar surface area (TPSA) is 55.1 Å². The quantitative estimate of drug-likeness (QED) is 0.732. The van der Waals surface area contributed by atoms with E-state index >= 15 is 0 Å². The lowest BCUT2D eigenvalue weighted by atomic mass is 10.2. The van der Waals surface area contributed by atoms with Crippen LogP contribution in [0.25, 0.3) is 0 Å². The van der Waals surface area contributed by atoms with Gasteiger partial charge in [-0.1, -0.05) is 12.1 Å². The first kappa shape index (κ1) is 8.77. The SMILES string of the molecule is CCNC(=O)c1cnoc1CC. The van der Waals surface area contributed by atoms with E-state index in [0.29, 0.717) is 24.3 Å². The number of hydrogen-bond acceptors (Lipinski definition) is 3. The van der Waals surface area contributed by atoms with E-state index in [9.17, 15) is 4.79 Å². The third-order valence-corrected chi connectivity index (χ3v) is 1.55. The first-order valence-corrected chi connectivity index (χ1v) is 4.01. The molecule has 0 unspecified atom stereocenters. The Bertz CT molecular complexity index is 268. The van der Waals surface area contributed by atoms with Crippen molar-refractivity contribution in [3.05, 3.63) is 17.5 Å². The van der Waals surface area contributed by atoms with Crippen LogP contribution in [0, 0.1) is 0 Å². The number of carbonyl (C=O) groups is 1. The minimum atomic E-state index is -0.115. The molecule has 12 heavy (non-hydrogen) atoms. The summed E-state index contributed by atoms with van der Waals surface area (Å²) >= 11 is 0. The van der Waals surface area contributed by atoms with Crippen LogP contribution in [-0.4, -0.2) is 17.6 Å². The molecule has 0 saturated heterocycles. The van der Waals surface area contributed by atoms with Crippen molar-refractivity contribution in [1.29, 1.82) is 0 Å². The van der Waals surface area contributed by atoms with E-state index in [1.807, 2.05) is 13.8 Å². The number of carbonyl (C=O) groups excluding carboxylic acids is 1. The highest BCUT2D eigenvalue weighted by Crippen LogP contribution is 2.07. The Hall–Kier alpha value is -1.32. The number of aryl methyl sites for hydroxylation is 1. The van der Waals surface area contributed by atoms with Crippen molar-refractivity contribution >= 4 is 5.91 Å². The van der Waals surface area contributed by atoms with E-state index < -0.39 is 0 Å². The van der Waals surface area contributed by atoms with Gasteiger partial charge in [0.05, 0.1) is 6.20 Å². The van der Waals surface area contributed by atoms with Crippen molar-refractivity contribution in [2.45, 2.75) is 20.3 Å². The Morgan fingerprint density at radius 1 is 1.67 bits per heavy atom. The number of amides is 1. The van der Waals surface area contributed by atoms with Gasteiger partial charge in [-0.2, -0.15) is 0 Å². The molecule has 0 saturated carbocycles. The number of aromatic nitrogens is 1. The predicted molar refractivity (Wildman–Crippen MR) is 43.9 cm³/mol. The summed E-state index contributed by atoms with van der Waals surface area (Å²) in [6.07, 6.45) is 2.14. The van der Waals surface area contributed by atoms with E-state index in [2.05, 4.69) is 10.5 Å². The Balaban J connectivity index is 2.79. The Labute approximate surface area is 70.9 Å². The molecule has 0 aliphatic carbocycles. The molecular weight excluding hydrogens is 156 g/mol. The molecule has 0 atom stereocenters. The van der Waals surface area contributed by atoms with Gasteiger partial charge in [-0.25, -0.2) is 0 Å². The van der Waals surface area contributed by atoms with Gasteiger partial charge in [-0.05, 0) is 6.92 Å². The summed E-state index contributed by atoms with van der Waals surface area (Å²) in [5, 5.41) is 6.24. The van der Waals surface area contributed by atoms with Crippen molar-refractivity contribution in [1.82, 2.24) is 10.5 Å². The maximum Gasteiger partial charge on any atom is 0.256 e. The number of nitrogens with zero attached hydrogens (tertiary/aromatic N) is 1. The fraction of sp³-hybridized carbons (Fsp3) is 0.500. The Morgan fingerprint density at radius 3 is 3.00 bits per heavy atom. The summed E-state index contributed by atoms with van der Waals surface area (Å²) in [6.45, 7) is 4.41. The zero-order chi connectivity index (χ0) is 8.97. The molecule has 0 bridgehead atoms. The molecule has 4 nitrogen and oxygen atoms in total. The van der Waals surface area contributed by atoms with Gasteiger partial charge in [0, 0.05) is 13.0 Å². The van der Waals surface area contributed by atoms with Crippen LogP contribution in [-0.2, 0) is 6.42 Å². The lowest BCUT2D eigenvalue weighted by molar-refractivity contribution is 0.0954. The van der Waals surface area contributed by atoms with E-state index in [1.54, 1.807) is 0 Å². The van der Waals surface area contributed by atoms with Crippen molar-refractivity contribution in [3.8, 4) is 0 Å². The molecule has 4 heteroatoms. The molecular formula is C8H12N2O2. The largest absolute Gasteiger partial charge is 0.361 e. The summed E-state index contributed by atoms with van der Waals surface area (Å²) in [6, 6.07) is 0. The summed E-state index contributed by atoms with van der Waals surface area (Å²) in [4.78, 5) is 11.3. The van der Waals surface area contributed by atoms with Crippen LogP contribution in [0.3, 0.4) is 0 Å². The highest BCUT2D eigenvalue weighted by molar-refractivity contribution is 5.94. The van der Waals surface area contributed by atoms with Crippen LogP contribution in [0.15, 0.2) is 10.7 Å². The van der Waals surface area contributed by atoms with Gasteiger partial charge < -0.3 is 9.84 Å². The molecule has 1 amide bonds. The van der Waals surface area contributed by atoms with Crippen LogP contribution >= 0.6 is 0 Å². The van der Waals surface area contributed by atoms with Crippen molar-refractivity contribution in [2.24, 2.45) is 0 Å². The second-order valence-electron chi connectivity index (χ2n) is 2.38. The van der Waals surface area contributed by atoms with Gasteiger partial charge in [0.1, 0.15) is 11.3 Å². The maximum absolute atomic E-state index is 11.3. The van der Waals surface area contributed by atoms with E-state index in [0.717, 1.165) is 0 Å². The third-order valence-electron chi connectivity index (χ3n) is 1.55. The van der Waals surface area contributed by atoms with E-state index in [4.69, 9.17) is 4.52 Å². The van der Waals surface area contributed by atoms with Gasteiger partial charge >= 0.3 is 0 Å². The van der Waals surface area contributed by atoms with Crippen molar-refractivity contribution < 1.29 is 9.32 Å². The Kier molecular flexibility index (Phi) is 2.85. The molecule has 0 aliphatic rings. The van der Waals surface area contributed by atoms with Crippen LogP contribution in [0.4, 0.5) is 0 Å². The molecule has 1 aromatic rings.